The van der Waals surface area contributed by atoms with Crippen LogP contribution in [0.1, 0.15) is 37.5 Å². The number of nitrogens with zero attached hydrogens (tertiary/aromatic N) is 4. The van der Waals surface area contributed by atoms with E-state index >= 15 is 0 Å². The van der Waals surface area contributed by atoms with Crippen molar-refractivity contribution >= 4 is 11.8 Å². The highest BCUT2D eigenvalue weighted by atomic mass is 16.2. The van der Waals surface area contributed by atoms with E-state index in [-0.39, 0.29) is 17.0 Å². The molecular formula is C23H23N5O3. The van der Waals surface area contributed by atoms with Crippen LogP contribution in [0.15, 0.2) is 59.9 Å². The molecule has 1 aliphatic rings. The van der Waals surface area contributed by atoms with Crippen LogP contribution in [-0.2, 0) is 25.9 Å². The monoisotopic (exact) mass is 417 g/mol. The normalized spacial score (nSPS) is 12.9. The Morgan fingerprint density at radius 2 is 1.97 bits per heavy atom. The first-order valence-corrected chi connectivity index (χ1v) is 10.1. The van der Waals surface area contributed by atoms with Crippen molar-refractivity contribution in [3.05, 3.63) is 93.4 Å². The van der Waals surface area contributed by atoms with Gasteiger partial charge in [-0.3, -0.25) is 14.4 Å². The maximum atomic E-state index is 13.1. The molecule has 158 valence electrons. The lowest BCUT2D eigenvalue weighted by Gasteiger charge is -2.30. The topological polar surface area (TPSA) is 97.2 Å². The number of hydrogen-bond donors (Lipinski definition) is 1. The highest BCUT2D eigenvalue weighted by Gasteiger charge is 2.28. The molecule has 0 spiro atoms. The van der Waals surface area contributed by atoms with Crippen molar-refractivity contribution in [2.45, 2.75) is 25.9 Å². The predicted molar refractivity (Wildman–Crippen MR) is 115 cm³/mol. The molecule has 1 aliphatic heterocycles. The first kappa shape index (κ1) is 20.5. The number of fused-ring (bicyclic) bond motifs is 1. The molecule has 1 aromatic carbocycles. The predicted octanol–water partition coefficient (Wildman–Crippen LogP) is 1.44. The number of amides is 2. The molecule has 0 aliphatic carbocycles. The molecule has 0 fully saturated rings. The largest absolute Gasteiger partial charge is 0.355 e. The lowest BCUT2D eigenvalue weighted by molar-refractivity contribution is 0.0727. The van der Waals surface area contributed by atoms with Crippen molar-refractivity contribution in [2.75, 3.05) is 13.6 Å². The van der Waals surface area contributed by atoms with Crippen molar-refractivity contribution in [2.24, 2.45) is 0 Å². The van der Waals surface area contributed by atoms with Crippen molar-refractivity contribution in [1.29, 1.82) is 0 Å². The fraction of sp³-hybridized carbons (Fsp3) is 0.261. The van der Waals surface area contributed by atoms with Gasteiger partial charge < -0.3 is 14.8 Å². The molecule has 0 saturated heterocycles. The van der Waals surface area contributed by atoms with Crippen LogP contribution in [-0.4, -0.2) is 44.8 Å². The summed E-state index contributed by atoms with van der Waals surface area (Å²) in [5, 5.41) is 2.58. The first-order valence-electron chi connectivity index (χ1n) is 10.1. The molecule has 0 unspecified atom stereocenters. The van der Waals surface area contributed by atoms with Crippen molar-refractivity contribution in [3.8, 4) is 0 Å². The second-order valence-electron chi connectivity index (χ2n) is 7.39. The standard InChI is InChI=1S/C23H23N5O3/c1-24-21(29)20-18-9-12-27(22(30)19-7-10-25-15-26-19)13-17(18)14-28(23(20)31)11-8-16-5-3-2-4-6-16/h2-7,10,14-15H,8-9,11-13H2,1H3,(H,24,29). The zero-order valence-electron chi connectivity index (χ0n) is 17.2. The van der Waals surface area contributed by atoms with Crippen molar-refractivity contribution in [1.82, 2.24) is 24.8 Å². The Kier molecular flexibility index (Phi) is 5.88. The van der Waals surface area contributed by atoms with Crippen LogP contribution in [0.5, 0.6) is 0 Å². The van der Waals surface area contributed by atoms with Gasteiger partial charge in [0.25, 0.3) is 17.4 Å². The molecular weight excluding hydrogens is 394 g/mol. The minimum atomic E-state index is -0.397. The summed E-state index contributed by atoms with van der Waals surface area (Å²) in [6.45, 7) is 1.17. The number of rotatable bonds is 5. The molecule has 0 bridgehead atoms. The lowest BCUT2D eigenvalue weighted by atomic mass is 9.95. The third kappa shape index (κ3) is 4.23. The van der Waals surface area contributed by atoms with Gasteiger partial charge in [0.1, 0.15) is 17.6 Å². The lowest BCUT2D eigenvalue weighted by Crippen LogP contribution is -2.41. The average molecular weight is 417 g/mol. The second-order valence-corrected chi connectivity index (χ2v) is 7.39. The summed E-state index contributed by atoms with van der Waals surface area (Å²) in [7, 11) is 1.52. The fourth-order valence-corrected chi connectivity index (χ4v) is 3.88. The number of aromatic nitrogens is 3. The number of hydrogen-bond acceptors (Lipinski definition) is 5. The van der Waals surface area contributed by atoms with Gasteiger partial charge in [0.2, 0.25) is 0 Å². The van der Waals surface area contributed by atoms with Gasteiger partial charge >= 0.3 is 0 Å². The smallest absolute Gasteiger partial charge is 0.272 e. The number of pyridine rings is 1. The molecule has 3 aromatic rings. The van der Waals surface area contributed by atoms with E-state index in [2.05, 4.69) is 15.3 Å². The minimum absolute atomic E-state index is 0.169. The molecule has 8 nitrogen and oxygen atoms in total. The Bertz CT molecular complexity index is 1160. The third-order valence-corrected chi connectivity index (χ3v) is 5.50. The summed E-state index contributed by atoms with van der Waals surface area (Å²) >= 11 is 0. The summed E-state index contributed by atoms with van der Waals surface area (Å²) in [4.78, 5) is 48.1. The molecule has 1 N–H and O–H groups in total. The van der Waals surface area contributed by atoms with E-state index in [1.807, 2.05) is 30.3 Å². The van der Waals surface area contributed by atoms with Crippen molar-refractivity contribution in [3.63, 3.8) is 0 Å². The highest BCUT2D eigenvalue weighted by molar-refractivity contribution is 5.96. The van der Waals surface area contributed by atoms with Crippen LogP contribution in [0.25, 0.3) is 0 Å². The molecule has 2 aromatic heterocycles. The Balaban J connectivity index is 1.67. The number of benzene rings is 1. The van der Waals surface area contributed by atoms with Crippen LogP contribution in [0.2, 0.25) is 0 Å². The van der Waals surface area contributed by atoms with E-state index < -0.39 is 5.91 Å². The van der Waals surface area contributed by atoms with Gasteiger partial charge in [0.15, 0.2) is 0 Å². The van der Waals surface area contributed by atoms with E-state index in [0.29, 0.717) is 43.7 Å². The van der Waals surface area contributed by atoms with Crippen LogP contribution in [0.4, 0.5) is 0 Å². The SMILES string of the molecule is CNC(=O)c1c2c(cn(CCc3ccccc3)c1=O)CN(C(=O)c1ccncn1)CC2. The fourth-order valence-electron chi connectivity index (χ4n) is 3.88. The summed E-state index contributed by atoms with van der Waals surface area (Å²) in [5.74, 6) is -0.595. The Labute approximate surface area is 179 Å². The molecule has 31 heavy (non-hydrogen) atoms. The summed E-state index contributed by atoms with van der Waals surface area (Å²) in [6.07, 6.45) is 5.76. The molecule has 4 rings (SSSR count). The van der Waals surface area contributed by atoms with E-state index in [1.165, 1.54) is 19.6 Å². The van der Waals surface area contributed by atoms with Gasteiger partial charge in [-0.25, -0.2) is 9.97 Å². The zero-order valence-corrected chi connectivity index (χ0v) is 17.2. The highest BCUT2D eigenvalue weighted by Crippen LogP contribution is 2.22. The molecule has 8 heteroatoms. The number of aryl methyl sites for hydroxylation is 2. The van der Waals surface area contributed by atoms with Crippen LogP contribution < -0.4 is 10.9 Å². The van der Waals surface area contributed by atoms with E-state index in [9.17, 15) is 14.4 Å². The molecule has 2 amide bonds. The molecule has 3 heterocycles. The van der Waals surface area contributed by atoms with Gasteiger partial charge in [0.05, 0.1) is 0 Å². The van der Waals surface area contributed by atoms with Gasteiger partial charge in [-0.2, -0.15) is 0 Å². The Morgan fingerprint density at radius 1 is 1.16 bits per heavy atom. The quantitative estimate of drug-likeness (QED) is 0.678. The van der Waals surface area contributed by atoms with Crippen LogP contribution in [0.3, 0.4) is 0 Å². The van der Waals surface area contributed by atoms with Crippen LogP contribution >= 0.6 is 0 Å². The van der Waals surface area contributed by atoms with Crippen LogP contribution in [0, 0.1) is 0 Å². The van der Waals surface area contributed by atoms with Gasteiger partial charge in [0, 0.05) is 39.1 Å². The summed E-state index contributed by atoms with van der Waals surface area (Å²) < 4.78 is 1.58. The number of carbonyl (C=O) groups is 2. The van der Waals surface area contributed by atoms with Crippen molar-refractivity contribution < 1.29 is 9.59 Å². The van der Waals surface area contributed by atoms with Gasteiger partial charge in [-0.15, -0.1) is 0 Å². The number of nitrogens with one attached hydrogen (secondary N) is 1. The summed E-state index contributed by atoms with van der Waals surface area (Å²) in [6, 6.07) is 11.4. The maximum absolute atomic E-state index is 13.1. The summed E-state index contributed by atoms with van der Waals surface area (Å²) in [5.41, 5.74) is 2.82. The first-order chi connectivity index (χ1) is 15.1. The Morgan fingerprint density at radius 3 is 2.68 bits per heavy atom. The molecule has 0 saturated carbocycles. The Hall–Kier alpha value is -3.81. The zero-order chi connectivity index (χ0) is 21.8. The van der Waals surface area contributed by atoms with E-state index in [4.69, 9.17) is 0 Å². The maximum Gasteiger partial charge on any atom is 0.272 e. The average Bonchev–Trinajstić information content (AvgIpc) is 2.82. The van der Waals surface area contributed by atoms with Gasteiger partial charge in [-0.05, 0) is 35.6 Å². The number of carbonyl (C=O) groups excluding carboxylic acids is 2. The third-order valence-electron chi connectivity index (χ3n) is 5.50. The van der Waals surface area contributed by atoms with E-state index in [1.54, 1.807) is 21.7 Å². The van der Waals surface area contributed by atoms with E-state index in [0.717, 1.165) is 11.1 Å². The second kappa shape index (κ2) is 8.91. The molecule has 0 atom stereocenters. The van der Waals surface area contributed by atoms with Gasteiger partial charge in [-0.1, -0.05) is 30.3 Å². The minimum Gasteiger partial charge on any atom is -0.355 e. The molecule has 0 radical (unpaired) electrons.